The number of methoxy groups -OCH3 is 3. The van der Waals surface area contributed by atoms with E-state index in [0.717, 1.165) is 0 Å². The van der Waals surface area contributed by atoms with Gasteiger partial charge in [0.2, 0.25) is 0 Å². The zero-order valence-corrected chi connectivity index (χ0v) is 15.1. The summed E-state index contributed by atoms with van der Waals surface area (Å²) in [6.45, 7) is 1.16. The van der Waals surface area contributed by atoms with Gasteiger partial charge in [-0.3, -0.25) is 4.72 Å². The number of anilines is 2. The van der Waals surface area contributed by atoms with Crippen molar-refractivity contribution in [3.63, 3.8) is 0 Å². The first-order valence-corrected chi connectivity index (χ1v) is 8.92. The van der Waals surface area contributed by atoms with Crippen LogP contribution in [0.25, 0.3) is 0 Å². The molecule has 25 heavy (non-hydrogen) atoms. The lowest BCUT2D eigenvalue weighted by Gasteiger charge is -2.13. The third-order valence-electron chi connectivity index (χ3n) is 3.29. The van der Waals surface area contributed by atoms with Gasteiger partial charge in [-0.25, -0.2) is 13.4 Å². The van der Waals surface area contributed by atoms with Gasteiger partial charge in [-0.05, 0) is 24.3 Å². The molecule has 0 saturated heterocycles. The zero-order chi connectivity index (χ0) is 18.3. The highest BCUT2D eigenvalue weighted by Crippen LogP contribution is 2.29. The van der Waals surface area contributed by atoms with Crippen molar-refractivity contribution in [2.45, 2.75) is 4.90 Å². The molecule has 1 heterocycles. The second-order valence-corrected chi connectivity index (χ2v) is 6.62. The fraction of sp³-hybridized carbons (Fsp3) is 0.312. The summed E-state index contributed by atoms with van der Waals surface area (Å²) in [5, 5.41) is 3.05. The van der Waals surface area contributed by atoms with Crippen molar-refractivity contribution in [2.24, 2.45) is 0 Å². The van der Waals surface area contributed by atoms with Crippen LogP contribution < -0.4 is 19.5 Å². The van der Waals surface area contributed by atoms with Crippen LogP contribution in [-0.4, -0.2) is 47.9 Å². The second kappa shape index (κ2) is 8.54. The normalized spacial score (nSPS) is 11.0. The number of benzene rings is 1. The molecule has 0 radical (unpaired) electrons. The predicted molar refractivity (Wildman–Crippen MR) is 95.0 cm³/mol. The van der Waals surface area contributed by atoms with E-state index in [1.165, 1.54) is 32.5 Å². The highest BCUT2D eigenvalue weighted by molar-refractivity contribution is 7.92. The maximum atomic E-state index is 12.6. The van der Waals surface area contributed by atoms with Gasteiger partial charge in [0.15, 0.2) is 0 Å². The number of hydrogen-bond acceptors (Lipinski definition) is 7. The third-order valence-corrected chi connectivity index (χ3v) is 4.71. The Morgan fingerprint density at radius 3 is 2.48 bits per heavy atom. The summed E-state index contributed by atoms with van der Waals surface area (Å²) in [6, 6.07) is 7.79. The molecule has 9 heteroatoms. The van der Waals surface area contributed by atoms with Gasteiger partial charge in [0, 0.05) is 19.7 Å². The Hall–Kier alpha value is -2.52. The number of sulfonamides is 1. The molecule has 8 nitrogen and oxygen atoms in total. The molecule has 0 aliphatic carbocycles. The number of ether oxygens (including phenoxy) is 3. The average molecular weight is 367 g/mol. The number of hydrogen-bond donors (Lipinski definition) is 2. The van der Waals surface area contributed by atoms with Gasteiger partial charge in [0.1, 0.15) is 22.2 Å². The minimum absolute atomic E-state index is 0.0121. The van der Waals surface area contributed by atoms with Crippen LogP contribution in [0.15, 0.2) is 41.4 Å². The van der Waals surface area contributed by atoms with Crippen molar-refractivity contribution in [3.8, 4) is 11.5 Å². The van der Waals surface area contributed by atoms with Gasteiger partial charge in [-0.1, -0.05) is 0 Å². The van der Waals surface area contributed by atoms with Crippen molar-refractivity contribution in [2.75, 3.05) is 44.5 Å². The fourth-order valence-electron chi connectivity index (χ4n) is 2.05. The van der Waals surface area contributed by atoms with Gasteiger partial charge < -0.3 is 19.5 Å². The minimum Gasteiger partial charge on any atom is -0.497 e. The van der Waals surface area contributed by atoms with Crippen molar-refractivity contribution in [3.05, 3.63) is 36.5 Å². The highest BCUT2D eigenvalue weighted by Gasteiger charge is 2.20. The molecule has 0 fully saturated rings. The molecular weight excluding hydrogens is 346 g/mol. The van der Waals surface area contributed by atoms with Crippen LogP contribution in [0.5, 0.6) is 11.5 Å². The van der Waals surface area contributed by atoms with Gasteiger partial charge in [0.25, 0.3) is 10.0 Å². The van der Waals surface area contributed by atoms with Crippen molar-refractivity contribution >= 4 is 21.5 Å². The molecule has 1 aromatic carbocycles. The Morgan fingerprint density at radius 1 is 1.08 bits per heavy atom. The van der Waals surface area contributed by atoms with Crippen LogP contribution in [-0.2, 0) is 14.8 Å². The summed E-state index contributed by atoms with van der Waals surface area (Å²) in [5.41, 5.74) is 0.343. The van der Waals surface area contributed by atoms with Crippen LogP contribution >= 0.6 is 0 Å². The van der Waals surface area contributed by atoms with E-state index >= 15 is 0 Å². The summed E-state index contributed by atoms with van der Waals surface area (Å²) in [6.07, 6.45) is 1.43. The molecule has 136 valence electrons. The summed E-state index contributed by atoms with van der Waals surface area (Å²) in [4.78, 5) is 4.17. The molecule has 2 aromatic rings. The molecule has 0 unspecified atom stereocenters. The Balaban J connectivity index is 2.16. The molecular formula is C16H21N3O5S. The SMILES string of the molecule is COCCNc1ccc(NS(=O)(=O)c2ccc(OC)cc2OC)cn1. The smallest absolute Gasteiger partial charge is 0.265 e. The van der Waals surface area contributed by atoms with E-state index in [0.29, 0.717) is 30.4 Å². The molecule has 0 bridgehead atoms. The van der Waals surface area contributed by atoms with Crippen LogP contribution in [0.2, 0.25) is 0 Å². The maximum absolute atomic E-state index is 12.6. The van der Waals surface area contributed by atoms with Crippen molar-refractivity contribution in [1.29, 1.82) is 0 Å². The standard InChI is InChI=1S/C16H21N3O5S/c1-22-9-8-17-16-7-4-12(11-18-16)19-25(20,21)15-6-5-13(23-2)10-14(15)24-3/h4-7,10-11,19H,8-9H2,1-3H3,(H,17,18). The summed E-state index contributed by atoms with van der Waals surface area (Å²) < 4.78 is 42.8. The lowest BCUT2D eigenvalue weighted by atomic mass is 10.3. The van der Waals surface area contributed by atoms with Gasteiger partial charge in [-0.2, -0.15) is 0 Å². The molecule has 1 aromatic heterocycles. The molecule has 0 spiro atoms. The first-order valence-electron chi connectivity index (χ1n) is 7.44. The molecule has 0 amide bonds. The molecule has 2 N–H and O–H groups in total. The molecule has 0 aliphatic rings. The van der Waals surface area contributed by atoms with E-state index in [9.17, 15) is 8.42 Å². The lowest BCUT2D eigenvalue weighted by molar-refractivity contribution is 0.210. The van der Waals surface area contributed by atoms with Crippen LogP contribution in [0.3, 0.4) is 0 Å². The summed E-state index contributed by atoms with van der Waals surface area (Å²) in [5.74, 6) is 1.32. The van der Waals surface area contributed by atoms with Crippen LogP contribution in [0.1, 0.15) is 0 Å². The van der Waals surface area contributed by atoms with E-state index in [4.69, 9.17) is 14.2 Å². The van der Waals surface area contributed by atoms with Gasteiger partial charge >= 0.3 is 0 Å². The topological polar surface area (TPSA) is 98.8 Å². The summed E-state index contributed by atoms with van der Waals surface area (Å²) in [7, 11) is 0.680. The molecule has 0 aliphatic heterocycles. The summed E-state index contributed by atoms with van der Waals surface area (Å²) >= 11 is 0. The number of aromatic nitrogens is 1. The van der Waals surface area contributed by atoms with Gasteiger partial charge in [0.05, 0.1) is 32.7 Å². The lowest BCUT2D eigenvalue weighted by Crippen LogP contribution is -2.14. The number of pyridine rings is 1. The first kappa shape index (κ1) is 18.8. The minimum atomic E-state index is -3.83. The average Bonchev–Trinajstić information content (AvgIpc) is 2.62. The Bertz CT molecular complexity index is 794. The number of rotatable bonds is 9. The van der Waals surface area contributed by atoms with Crippen molar-refractivity contribution in [1.82, 2.24) is 4.98 Å². The largest absolute Gasteiger partial charge is 0.497 e. The van der Waals surface area contributed by atoms with Crippen LogP contribution in [0, 0.1) is 0 Å². The fourth-order valence-corrected chi connectivity index (χ4v) is 3.24. The predicted octanol–water partition coefficient (Wildman–Crippen LogP) is 1.96. The van der Waals surface area contributed by atoms with E-state index in [1.807, 2.05) is 0 Å². The van der Waals surface area contributed by atoms with E-state index in [-0.39, 0.29) is 10.6 Å². The monoisotopic (exact) mass is 367 g/mol. The second-order valence-electron chi connectivity index (χ2n) is 4.97. The maximum Gasteiger partial charge on any atom is 0.265 e. The zero-order valence-electron chi connectivity index (χ0n) is 14.3. The quantitative estimate of drug-likeness (QED) is 0.654. The molecule has 0 atom stereocenters. The van der Waals surface area contributed by atoms with Crippen LogP contribution in [0.4, 0.5) is 11.5 Å². The van der Waals surface area contributed by atoms with E-state index in [1.54, 1.807) is 25.3 Å². The van der Waals surface area contributed by atoms with Crippen molar-refractivity contribution < 1.29 is 22.6 Å². The Labute approximate surface area is 147 Å². The number of nitrogens with one attached hydrogen (secondary N) is 2. The highest BCUT2D eigenvalue weighted by atomic mass is 32.2. The van der Waals surface area contributed by atoms with Gasteiger partial charge in [-0.15, -0.1) is 0 Å². The molecule has 2 rings (SSSR count). The van der Waals surface area contributed by atoms with E-state index < -0.39 is 10.0 Å². The van der Waals surface area contributed by atoms with E-state index in [2.05, 4.69) is 15.0 Å². The Kier molecular flexibility index (Phi) is 6.43. The molecule has 0 saturated carbocycles. The Morgan fingerprint density at radius 2 is 1.88 bits per heavy atom. The number of nitrogens with zero attached hydrogens (tertiary/aromatic N) is 1. The third kappa shape index (κ3) is 4.97. The first-order chi connectivity index (χ1) is 12.0.